The van der Waals surface area contributed by atoms with Crippen molar-refractivity contribution in [2.24, 2.45) is 11.8 Å². The highest BCUT2D eigenvalue weighted by Gasteiger charge is 2.44. The molecule has 0 aliphatic carbocycles. The van der Waals surface area contributed by atoms with Gasteiger partial charge in [-0.3, -0.25) is 9.69 Å². The van der Waals surface area contributed by atoms with Crippen molar-refractivity contribution < 1.29 is 27.4 Å². The average Bonchev–Trinajstić information content (AvgIpc) is 2.77. The number of rotatable bonds is 8. The van der Waals surface area contributed by atoms with E-state index in [1.165, 1.54) is 19.1 Å². The molecule has 0 radical (unpaired) electrons. The fourth-order valence-electron chi connectivity index (χ4n) is 5.71. The molecule has 0 unspecified atom stereocenters. The summed E-state index contributed by atoms with van der Waals surface area (Å²) in [5, 5.41) is 0. The Morgan fingerprint density at radius 3 is 2.35 bits per heavy atom. The number of piperidine rings is 1. The third kappa shape index (κ3) is 6.97. The average molecular weight is 484 g/mol. The summed E-state index contributed by atoms with van der Waals surface area (Å²) in [4.78, 5) is 14.2. The maximum atomic E-state index is 13.2. The van der Waals surface area contributed by atoms with Crippen LogP contribution in [0.1, 0.15) is 83.8 Å². The Hall–Kier alpha value is -1.60. The Balaban J connectivity index is 1.93. The Labute approximate surface area is 202 Å². The van der Waals surface area contributed by atoms with E-state index in [1.54, 1.807) is 12.1 Å². The lowest BCUT2D eigenvalue weighted by molar-refractivity contribution is -0.153. The summed E-state index contributed by atoms with van der Waals surface area (Å²) in [6.07, 6.45) is 2.02. The minimum Gasteiger partial charge on any atom is -0.462 e. The van der Waals surface area contributed by atoms with Crippen molar-refractivity contribution in [3.63, 3.8) is 0 Å². The molecule has 2 aliphatic heterocycles. The molecular weight excluding hydrogens is 443 g/mol. The molecular formula is C27H40F3NO3. The summed E-state index contributed by atoms with van der Waals surface area (Å²) >= 11 is 0. The zero-order chi connectivity index (χ0) is 24.9. The van der Waals surface area contributed by atoms with Gasteiger partial charge in [0, 0.05) is 44.7 Å². The quantitative estimate of drug-likeness (QED) is 0.392. The molecule has 2 heterocycles. The summed E-state index contributed by atoms with van der Waals surface area (Å²) in [6, 6.07) is 5.89. The molecule has 2 fully saturated rings. The molecule has 0 amide bonds. The van der Waals surface area contributed by atoms with Crippen molar-refractivity contribution in [3.05, 3.63) is 35.4 Å². The highest BCUT2D eigenvalue weighted by molar-refractivity contribution is 5.66. The highest BCUT2D eigenvalue weighted by Crippen LogP contribution is 2.43. The molecule has 0 aromatic heterocycles. The van der Waals surface area contributed by atoms with Gasteiger partial charge < -0.3 is 9.47 Å². The zero-order valence-corrected chi connectivity index (χ0v) is 21.0. The third-order valence-electron chi connectivity index (χ3n) is 7.58. The van der Waals surface area contributed by atoms with Crippen molar-refractivity contribution in [2.75, 3.05) is 19.8 Å². The maximum Gasteiger partial charge on any atom is 0.416 e. The lowest BCUT2D eigenvalue weighted by Gasteiger charge is -2.52. The zero-order valence-electron chi connectivity index (χ0n) is 21.0. The van der Waals surface area contributed by atoms with Gasteiger partial charge in [0.25, 0.3) is 0 Å². The molecule has 7 heteroatoms. The van der Waals surface area contributed by atoms with E-state index in [0.717, 1.165) is 63.8 Å². The van der Waals surface area contributed by atoms with Crippen molar-refractivity contribution in [3.8, 4) is 0 Å². The van der Waals surface area contributed by atoms with Crippen LogP contribution in [-0.2, 0) is 26.0 Å². The molecule has 3 atom stereocenters. The van der Waals surface area contributed by atoms with Gasteiger partial charge in [-0.25, -0.2) is 0 Å². The minimum absolute atomic E-state index is 0.241. The molecule has 2 saturated heterocycles. The van der Waals surface area contributed by atoms with E-state index in [0.29, 0.717) is 24.3 Å². The summed E-state index contributed by atoms with van der Waals surface area (Å²) < 4.78 is 50.8. The molecule has 192 valence electrons. The number of hydrogen-bond acceptors (Lipinski definition) is 4. The Kier molecular flexibility index (Phi) is 9.07. The SMILES string of the molecule is CC(=O)O[C@@H]1CCN([C@H](CCC(C)C)CC2CCOCC2)[C@](C)(c2ccc(C(F)(F)F)cc2)C1. The van der Waals surface area contributed by atoms with Crippen LogP contribution in [0.4, 0.5) is 13.2 Å². The summed E-state index contributed by atoms with van der Waals surface area (Å²) in [6.45, 7) is 10.3. The largest absolute Gasteiger partial charge is 0.462 e. The second-order valence-electron chi connectivity index (χ2n) is 10.7. The van der Waals surface area contributed by atoms with Crippen LogP contribution in [0.25, 0.3) is 0 Å². The summed E-state index contributed by atoms with van der Waals surface area (Å²) in [5.41, 5.74) is -0.314. The number of halogens is 3. The highest BCUT2D eigenvalue weighted by atomic mass is 19.4. The van der Waals surface area contributed by atoms with Crippen LogP contribution in [0.3, 0.4) is 0 Å². The number of nitrogens with zero attached hydrogens (tertiary/aromatic N) is 1. The molecule has 4 nitrogen and oxygen atoms in total. The number of carbonyl (C=O) groups excluding carboxylic acids is 1. The van der Waals surface area contributed by atoms with Gasteiger partial charge in [-0.05, 0) is 75.0 Å². The van der Waals surface area contributed by atoms with Gasteiger partial charge in [0.05, 0.1) is 5.56 Å². The number of esters is 1. The number of alkyl halides is 3. The third-order valence-corrected chi connectivity index (χ3v) is 7.58. The number of ether oxygens (including phenoxy) is 2. The van der Waals surface area contributed by atoms with Crippen LogP contribution in [-0.4, -0.2) is 42.8 Å². The van der Waals surface area contributed by atoms with Crippen molar-refractivity contribution in [2.45, 2.75) is 96.5 Å². The molecule has 0 bridgehead atoms. The van der Waals surface area contributed by atoms with E-state index in [2.05, 4.69) is 25.7 Å². The molecule has 0 N–H and O–H groups in total. The fraction of sp³-hybridized carbons (Fsp3) is 0.741. The fourth-order valence-corrected chi connectivity index (χ4v) is 5.71. The van der Waals surface area contributed by atoms with Crippen molar-refractivity contribution in [1.29, 1.82) is 0 Å². The molecule has 0 saturated carbocycles. The maximum absolute atomic E-state index is 13.2. The van der Waals surface area contributed by atoms with Gasteiger partial charge in [-0.15, -0.1) is 0 Å². The Bertz CT molecular complexity index is 789. The van der Waals surface area contributed by atoms with Crippen LogP contribution in [0.2, 0.25) is 0 Å². The molecule has 1 aromatic carbocycles. The second kappa shape index (κ2) is 11.4. The minimum atomic E-state index is -4.37. The number of benzene rings is 1. The monoisotopic (exact) mass is 483 g/mol. The van der Waals surface area contributed by atoms with E-state index in [9.17, 15) is 18.0 Å². The smallest absolute Gasteiger partial charge is 0.416 e. The number of hydrogen-bond donors (Lipinski definition) is 0. The summed E-state index contributed by atoms with van der Waals surface area (Å²) in [5.74, 6) is 0.855. The van der Waals surface area contributed by atoms with Crippen LogP contribution in [0.5, 0.6) is 0 Å². The van der Waals surface area contributed by atoms with Gasteiger partial charge in [-0.2, -0.15) is 13.2 Å². The summed E-state index contributed by atoms with van der Waals surface area (Å²) in [7, 11) is 0. The first-order chi connectivity index (χ1) is 16.0. The predicted molar refractivity (Wildman–Crippen MR) is 126 cm³/mol. The predicted octanol–water partition coefficient (Wildman–Crippen LogP) is 6.57. The van der Waals surface area contributed by atoms with Crippen LogP contribution >= 0.6 is 0 Å². The van der Waals surface area contributed by atoms with Gasteiger partial charge in [0.1, 0.15) is 6.10 Å². The molecule has 0 spiro atoms. The van der Waals surface area contributed by atoms with E-state index >= 15 is 0 Å². The number of carbonyl (C=O) groups is 1. The normalized spacial score (nSPS) is 25.9. The number of likely N-dealkylation sites (tertiary alicyclic amines) is 1. The van der Waals surface area contributed by atoms with E-state index in [4.69, 9.17) is 9.47 Å². The lowest BCUT2D eigenvalue weighted by Crippen LogP contribution is -2.56. The van der Waals surface area contributed by atoms with Crippen LogP contribution in [0, 0.1) is 11.8 Å². The Morgan fingerprint density at radius 1 is 1.15 bits per heavy atom. The van der Waals surface area contributed by atoms with Crippen LogP contribution in [0.15, 0.2) is 24.3 Å². The first-order valence-corrected chi connectivity index (χ1v) is 12.7. The van der Waals surface area contributed by atoms with E-state index in [1.807, 2.05) is 0 Å². The Morgan fingerprint density at radius 2 is 1.79 bits per heavy atom. The van der Waals surface area contributed by atoms with Crippen LogP contribution < -0.4 is 0 Å². The molecule has 2 aliphatic rings. The van der Waals surface area contributed by atoms with Crippen molar-refractivity contribution >= 4 is 5.97 Å². The standard InChI is InChI=1S/C27H40F3NO3/c1-19(2)5-10-24(17-21-12-15-33-16-13-21)31-14-11-25(34-20(3)32)18-26(31,4)22-6-8-23(9-7-22)27(28,29)30/h6-9,19,21,24-25H,5,10-18H2,1-4H3/t24-,25-,26+/m1/s1. The first kappa shape index (κ1) is 27.0. The van der Waals surface area contributed by atoms with Gasteiger partial charge >= 0.3 is 12.1 Å². The van der Waals surface area contributed by atoms with Gasteiger partial charge in [0.2, 0.25) is 0 Å². The molecule has 34 heavy (non-hydrogen) atoms. The molecule has 3 rings (SSSR count). The van der Waals surface area contributed by atoms with E-state index in [-0.39, 0.29) is 12.1 Å². The second-order valence-corrected chi connectivity index (χ2v) is 10.7. The van der Waals surface area contributed by atoms with Gasteiger partial charge in [0.15, 0.2) is 0 Å². The lowest BCUT2D eigenvalue weighted by atomic mass is 9.77. The van der Waals surface area contributed by atoms with Crippen molar-refractivity contribution in [1.82, 2.24) is 4.90 Å². The van der Waals surface area contributed by atoms with E-state index < -0.39 is 17.3 Å². The topological polar surface area (TPSA) is 38.8 Å². The first-order valence-electron chi connectivity index (χ1n) is 12.7. The molecule has 1 aromatic rings. The van der Waals surface area contributed by atoms with Gasteiger partial charge in [-0.1, -0.05) is 26.0 Å².